The highest BCUT2D eigenvalue weighted by Crippen LogP contribution is 2.14. The molecule has 2 aromatic rings. The van der Waals surface area contributed by atoms with Crippen LogP contribution >= 0.6 is 11.3 Å². The Morgan fingerprint density at radius 3 is 2.81 bits per heavy atom. The lowest BCUT2D eigenvalue weighted by Gasteiger charge is -2.15. The van der Waals surface area contributed by atoms with Crippen LogP contribution in [0.2, 0.25) is 0 Å². The maximum absolute atomic E-state index is 13.6. The van der Waals surface area contributed by atoms with E-state index in [0.29, 0.717) is 12.1 Å². The van der Waals surface area contributed by atoms with E-state index in [2.05, 4.69) is 21.7 Å². The third-order valence-electron chi connectivity index (χ3n) is 2.82. The van der Waals surface area contributed by atoms with Crippen molar-refractivity contribution < 1.29 is 9.50 Å². The normalized spacial score (nSPS) is 10.5. The summed E-state index contributed by atoms with van der Waals surface area (Å²) in [5, 5.41) is 11.8. The second-order valence-corrected chi connectivity index (χ2v) is 5.90. The number of hydrogen-bond acceptors (Lipinski definition) is 4. The molecule has 0 spiro atoms. The van der Waals surface area contributed by atoms with Gasteiger partial charge in [0.15, 0.2) is 0 Å². The molecule has 0 aliphatic rings. The number of halogens is 1. The van der Waals surface area contributed by atoms with E-state index in [1.165, 1.54) is 12.1 Å². The van der Waals surface area contributed by atoms with Crippen molar-refractivity contribution in [3.63, 3.8) is 0 Å². The molecule has 0 bridgehead atoms. The van der Waals surface area contributed by atoms with Crippen LogP contribution in [0, 0.1) is 24.6 Å². The number of aliphatic hydroxyl groups is 1. The summed E-state index contributed by atoms with van der Waals surface area (Å²) in [6, 6.07) is 4.72. The summed E-state index contributed by atoms with van der Waals surface area (Å²) >= 11 is 1.63. The summed E-state index contributed by atoms with van der Waals surface area (Å²) in [6.45, 7) is 3.09. The Kier molecular flexibility index (Phi) is 5.45. The molecule has 1 heterocycles. The molecule has 3 nitrogen and oxygen atoms in total. The van der Waals surface area contributed by atoms with Gasteiger partial charge in [-0.05, 0) is 37.7 Å². The van der Waals surface area contributed by atoms with Crippen molar-refractivity contribution in [1.29, 1.82) is 0 Å². The van der Waals surface area contributed by atoms with Crippen molar-refractivity contribution in [2.24, 2.45) is 0 Å². The third-order valence-corrected chi connectivity index (χ3v) is 3.64. The highest BCUT2D eigenvalue weighted by Gasteiger charge is 2.06. The summed E-state index contributed by atoms with van der Waals surface area (Å²) in [5.74, 6) is 4.95. The number of aromatic nitrogens is 1. The highest BCUT2D eigenvalue weighted by atomic mass is 32.1. The third kappa shape index (κ3) is 4.94. The zero-order valence-electron chi connectivity index (χ0n) is 12.1. The lowest BCUT2D eigenvalue weighted by Crippen LogP contribution is -2.17. The quantitative estimate of drug-likeness (QED) is 0.882. The first-order chi connectivity index (χ1) is 10.1. The summed E-state index contributed by atoms with van der Waals surface area (Å²) < 4.78 is 13.6. The molecule has 110 valence electrons. The maximum atomic E-state index is 13.6. The molecule has 0 amide bonds. The predicted octanol–water partition coefficient (Wildman–Crippen LogP) is 2.57. The van der Waals surface area contributed by atoms with E-state index in [-0.39, 0.29) is 12.4 Å². The van der Waals surface area contributed by atoms with Crippen LogP contribution in [0.15, 0.2) is 23.6 Å². The number of nitrogens with zero attached hydrogens (tertiary/aromatic N) is 2. The van der Waals surface area contributed by atoms with E-state index in [1.807, 2.05) is 25.4 Å². The van der Waals surface area contributed by atoms with Gasteiger partial charge in [-0.15, -0.1) is 11.3 Å². The Morgan fingerprint density at radius 2 is 2.14 bits per heavy atom. The standard InChI is InChI=1S/C16H17FN2OS/c1-12-18-16(11-21-12)10-19(2)9-14-6-13(4-3-5-20)7-15(17)8-14/h6-8,11,20H,5,9-10H2,1-2H3. The van der Waals surface area contributed by atoms with Crippen LogP contribution in [-0.4, -0.2) is 28.6 Å². The van der Waals surface area contributed by atoms with Crippen molar-refractivity contribution in [2.75, 3.05) is 13.7 Å². The van der Waals surface area contributed by atoms with Crippen LogP contribution in [0.3, 0.4) is 0 Å². The second kappa shape index (κ2) is 7.32. The van der Waals surface area contributed by atoms with Gasteiger partial charge in [-0.1, -0.05) is 11.8 Å². The van der Waals surface area contributed by atoms with Crippen LogP contribution in [0.4, 0.5) is 4.39 Å². The molecule has 21 heavy (non-hydrogen) atoms. The first-order valence-electron chi connectivity index (χ1n) is 6.55. The van der Waals surface area contributed by atoms with Gasteiger partial charge in [0.1, 0.15) is 12.4 Å². The van der Waals surface area contributed by atoms with Crippen LogP contribution in [0.5, 0.6) is 0 Å². The van der Waals surface area contributed by atoms with Gasteiger partial charge in [0.05, 0.1) is 10.7 Å². The molecule has 5 heteroatoms. The van der Waals surface area contributed by atoms with Crippen LogP contribution in [-0.2, 0) is 13.1 Å². The molecular weight excluding hydrogens is 287 g/mol. The van der Waals surface area contributed by atoms with Gasteiger partial charge < -0.3 is 5.11 Å². The first-order valence-corrected chi connectivity index (χ1v) is 7.43. The van der Waals surface area contributed by atoms with Gasteiger partial charge in [-0.3, -0.25) is 4.90 Å². The molecule has 1 aromatic heterocycles. The maximum Gasteiger partial charge on any atom is 0.124 e. The molecule has 1 aromatic carbocycles. The number of hydrogen-bond donors (Lipinski definition) is 1. The van der Waals surface area contributed by atoms with E-state index in [1.54, 1.807) is 11.3 Å². The van der Waals surface area contributed by atoms with Gasteiger partial charge in [0.2, 0.25) is 0 Å². The topological polar surface area (TPSA) is 36.4 Å². The Labute approximate surface area is 128 Å². The number of aryl methyl sites for hydroxylation is 1. The van der Waals surface area contributed by atoms with Crippen molar-refractivity contribution in [3.05, 3.63) is 51.2 Å². The van der Waals surface area contributed by atoms with Crippen LogP contribution in [0.25, 0.3) is 0 Å². The Balaban J connectivity index is 2.06. The van der Waals surface area contributed by atoms with E-state index >= 15 is 0 Å². The lowest BCUT2D eigenvalue weighted by atomic mass is 10.1. The molecule has 0 radical (unpaired) electrons. The molecule has 0 saturated heterocycles. The first kappa shape index (κ1) is 15.6. The fourth-order valence-corrected chi connectivity index (χ4v) is 2.68. The summed E-state index contributed by atoms with van der Waals surface area (Å²) in [4.78, 5) is 6.50. The van der Waals surface area contributed by atoms with Gasteiger partial charge in [-0.2, -0.15) is 0 Å². The SMILES string of the molecule is Cc1nc(CN(C)Cc2cc(F)cc(C#CCO)c2)cs1. The Bertz CT molecular complexity index is 672. The number of thiazole rings is 1. The minimum Gasteiger partial charge on any atom is -0.384 e. The average Bonchev–Trinajstić information content (AvgIpc) is 2.80. The van der Waals surface area contributed by atoms with Gasteiger partial charge in [0, 0.05) is 24.0 Å². The molecule has 0 aliphatic heterocycles. The van der Waals surface area contributed by atoms with Crippen molar-refractivity contribution in [2.45, 2.75) is 20.0 Å². The molecule has 0 atom stereocenters. The Hall–Kier alpha value is -1.74. The molecule has 1 N–H and O–H groups in total. The Morgan fingerprint density at radius 1 is 1.33 bits per heavy atom. The van der Waals surface area contributed by atoms with Gasteiger partial charge in [0.25, 0.3) is 0 Å². The number of benzene rings is 1. The molecule has 0 aliphatic carbocycles. The zero-order chi connectivity index (χ0) is 15.2. The summed E-state index contributed by atoms with van der Waals surface area (Å²) in [6.07, 6.45) is 0. The predicted molar refractivity (Wildman–Crippen MR) is 82.4 cm³/mol. The van der Waals surface area contributed by atoms with E-state index < -0.39 is 0 Å². The lowest BCUT2D eigenvalue weighted by molar-refractivity contribution is 0.315. The molecular formula is C16H17FN2OS. The summed E-state index contributed by atoms with van der Waals surface area (Å²) in [7, 11) is 1.97. The molecule has 0 fully saturated rings. The van der Waals surface area contributed by atoms with Crippen molar-refractivity contribution in [3.8, 4) is 11.8 Å². The highest BCUT2D eigenvalue weighted by molar-refractivity contribution is 7.09. The van der Waals surface area contributed by atoms with Gasteiger partial charge in [-0.25, -0.2) is 9.37 Å². The molecule has 0 unspecified atom stereocenters. The minimum absolute atomic E-state index is 0.227. The van der Waals surface area contributed by atoms with Gasteiger partial charge >= 0.3 is 0 Å². The number of rotatable bonds is 4. The van der Waals surface area contributed by atoms with E-state index in [0.717, 1.165) is 22.8 Å². The van der Waals surface area contributed by atoms with Crippen molar-refractivity contribution in [1.82, 2.24) is 9.88 Å². The fourth-order valence-electron chi connectivity index (χ4n) is 2.08. The minimum atomic E-state index is -0.312. The van der Waals surface area contributed by atoms with E-state index in [9.17, 15) is 4.39 Å². The fraction of sp³-hybridized carbons (Fsp3) is 0.312. The van der Waals surface area contributed by atoms with Crippen LogP contribution in [0.1, 0.15) is 21.8 Å². The largest absolute Gasteiger partial charge is 0.384 e. The molecule has 2 rings (SSSR count). The number of aliphatic hydroxyl groups excluding tert-OH is 1. The smallest absolute Gasteiger partial charge is 0.124 e. The molecule has 0 saturated carbocycles. The zero-order valence-corrected chi connectivity index (χ0v) is 12.9. The monoisotopic (exact) mass is 304 g/mol. The summed E-state index contributed by atoms with van der Waals surface area (Å²) in [5.41, 5.74) is 2.46. The van der Waals surface area contributed by atoms with E-state index in [4.69, 9.17) is 5.11 Å². The second-order valence-electron chi connectivity index (χ2n) is 4.84. The van der Waals surface area contributed by atoms with Crippen molar-refractivity contribution >= 4 is 11.3 Å². The average molecular weight is 304 g/mol. The van der Waals surface area contributed by atoms with Crippen LogP contribution < -0.4 is 0 Å².